The fourth-order valence-electron chi connectivity index (χ4n) is 1.41. The van der Waals surface area contributed by atoms with Crippen LogP contribution in [0.25, 0.3) is 10.8 Å². The van der Waals surface area contributed by atoms with E-state index in [4.69, 9.17) is 10.6 Å². The van der Waals surface area contributed by atoms with Crippen LogP contribution in [-0.4, -0.2) is 6.09 Å². The molecule has 0 aliphatic heterocycles. The van der Waals surface area contributed by atoms with Gasteiger partial charge in [0, 0.05) is 5.39 Å². The highest BCUT2D eigenvalue weighted by molar-refractivity contribution is 5.90. The lowest BCUT2D eigenvalue weighted by molar-refractivity contribution is 0.201. The number of rotatable bonds is 1. The van der Waals surface area contributed by atoms with Crippen molar-refractivity contribution in [2.75, 3.05) is 0 Å². The maximum atomic E-state index is 11.0. The van der Waals surface area contributed by atoms with Crippen molar-refractivity contribution in [3.05, 3.63) is 42.5 Å². The first-order valence-corrected chi connectivity index (χ1v) is 4.47. The first kappa shape index (κ1) is 9.48. The van der Waals surface area contributed by atoms with Crippen LogP contribution in [0, 0.1) is 0 Å². The molecule has 0 aromatic heterocycles. The molecule has 76 valence electrons. The Labute approximate surface area is 86.6 Å². The van der Waals surface area contributed by atoms with Crippen molar-refractivity contribution < 1.29 is 9.53 Å². The number of nitrogens with two attached hydrogens (primary N) is 1. The Morgan fingerprint density at radius 1 is 1.13 bits per heavy atom. The number of hydrogen-bond donors (Lipinski definition) is 2. The molecule has 0 heterocycles. The van der Waals surface area contributed by atoms with Crippen LogP contribution in [0.3, 0.4) is 0 Å². The smallest absolute Gasteiger partial charge is 0.409 e. The van der Waals surface area contributed by atoms with Gasteiger partial charge in [0.2, 0.25) is 0 Å². The standard InChI is InChI=1S/C11H10N2O2/c12-13-11(14)15-10-7-3-5-8-4-1-2-6-9(8)10/h1-7H,12H2,(H,13,14). The van der Waals surface area contributed by atoms with Gasteiger partial charge in [-0.25, -0.2) is 10.6 Å². The Morgan fingerprint density at radius 2 is 1.87 bits per heavy atom. The van der Waals surface area contributed by atoms with Gasteiger partial charge in [-0.05, 0) is 11.5 Å². The lowest BCUT2D eigenvalue weighted by Gasteiger charge is -2.06. The minimum atomic E-state index is -0.675. The lowest BCUT2D eigenvalue weighted by atomic mass is 10.1. The third-order valence-corrected chi connectivity index (χ3v) is 2.07. The summed E-state index contributed by atoms with van der Waals surface area (Å²) in [4.78, 5) is 11.0. The molecular formula is C11H10N2O2. The molecule has 3 N–H and O–H groups in total. The van der Waals surface area contributed by atoms with E-state index >= 15 is 0 Å². The van der Waals surface area contributed by atoms with Gasteiger partial charge in [0.05, 0.1) is 0 Å². The predicted octanol–water partition coefficient (Wildman–Crippen LogP) is 1.80. The monoisotopic (exact) mass is 202 g/mol. The van der Waals surface area contributed by atoms with Crippen molar-refractivity contribution in [2.24, 2.45) is 5.84 Å². The van der Waals surface area contributed by atoms with Crippen LogP contribution in [-0.2, 0) is 0 Å². The molecule has 0 saturated carbocycles. The van der Waals surface area contributed by atoms with Gasteiger partial charge in [0.15, 0.2) is 0 Å². The Kier molecular flexibility index (Phi) is 2.51. The van der Waals surface area contributed by atoms with Crippen LogP contribution < -0.4 is 16.0 Å². The van der Waals surface area contributed by atoms with E-state index in [-0.39, 0.29) is 0 Å². The summed E-state index contributed by atoms with van der Waals surface area (Å²) in [5, 5.41) is 1.89. The molecule has 4 nitrogen and oxygen atoms in total. The molecule has 2 rings (SSSR count). The molecule has 0 unspecified atom stereocenters. The van der Waals surface area contributed by atoms with Crippen molar-refractivity contribution in [3.63, 3.8) is 0 Å². The first-order chi connectivity index (χ1) is 7.31. The number of hydrazine groups is 1. The summed E-state index contributed by atoms with van der Waals surface area (Å²) in [5.41, 5.74) is 1.92. The molecule has 0 atom stereocenters. The van der Waals surface area contributed by atoms with Gasteiger partial charge in [-0.15, -0.1) is 0 Å². The molecule has 0 radical (unpaired) electrons. The Hall–Kier alpha value is -2.07. The van der Waals surface area contributed by atoms with Crippen molar-refractivity contribution in [3.8, 4) is 5.75 Å². The van der Waals surface area contributed by atoms with E-state index in [1.54, 1.807) is 6.07 Å². The molecule has 2 aromatic carbocycles. The van der Waals surface area contributed by atoms with Crippen molar-refractivity contribution in [1.82, 2.24) is 5.43 Å². The number of carbonyl (C=O) groups excluding carboxylic acids is 1. The number of nitrogens with one attached hydrogen (secondary N) is 1. The van der Waals surface area contributed by atoms with Gasteiger partial charge in [0.25, 0.3) is 0 Å². The van der Waals surface area contributed by atoms with Crippen molar-refractivity contribution in [1.29, 1.82) is 0 Å². The number of ether oxygens (including phenoxy) is 1. The molecule has 0 aliphatic carbocycles. The number of hydrogen-bond acceptors (Lipinski definition) is 3. The number of amides is 1. The maximum absolute atomic E-state index is 11.0. The van der Waals surface area contributed by atoms with Gasteiger partial charge < -0.3 is 4.74 Å². The number of benzene rings is 2. The quantitative estimate of drug-likeness (QED) is 0.421. The van der Waals surface area contributed by atoms with Crippen LogP contribution in [0.2, 0.25) is 0 Å². The van der Waals surface area contributed by atoms with Crippen LogP contribution >= 0.6 is 0 Å². The van der Waals surface area contributed by atoms with Gasteiger partial charge in [-0.1, -0.05) is 36.4 Å². The summed E-state index contributed by atoms with van der Waals surface area (Å²) in [6.07, 6.45) is -0.675. The second kappa shape index (κ2) is 3.98. The molecule has 0 fully saturated rings. The molecule has 0 saturated heterocycles. The van der Waals surface area contributed by atoms with Crippen LogP contribution in [0.1, 0.15) is 0 Å². The van der Waals surface area contributed by atoms with Crippen molar-refractivity contribution in [2.45, 2.75) is 0 Å². The summed E-state index contributed by atoms with van der Waals surface area (Å²) in [6, 6.07) is 13.1. The third-order valence-electron chi connectivity index (χ3n) is 2.07. The Bertz CT molecular complexity index is 491. The lowest BCUT2D eigenvalue weighted by Crippen LogP contribution is -2.32. The van der Waals surface area contributed by atoms with E-state index in [0.29, 0.717) is 5.75 Å². The van der Waals surface area contributed by atoms with E-state index < -0.39 is 6.09 Å². The average Bonchev–Trinajstić information content (AvgIpc) is 2.29. The van der Waals surface area contributed by atoms with Gasteiger partial charge >= 0.3 is 6.09 Å². The van der Waals surface area contributed by atoms with Crippen LogP contribution in [0.5, 0.6) is 5.75 Å². The van der Waals surface area contributed by atoms with E-state index in [9.17, 15) is 4.79 Å². The number of carbonyl (C=O) groups is 1. The highest BCUT2D eigenvalue weighted by Gasteiger charge is 2.05. The summed E-state index contributed by atoms with van der Waals surface area (Å²) in [7, 11) is 0. The third kappa shape index (κ3) is 1.89. The molecule has 15 heavy (non-hydrogen) atoms. The minimum absolute atomic E-state index is 0.496. The molecule has 0 spiro atoms. The Morgan fingerprint density at radius 3 is 2.67 bits per heavy atom. The molecule has 0 bridgehead atoms. The SMILES string of the molecule is NNC(=O)Oc1cccc2ccccc12. The highest BCUT2D eigenvalue weighted by atomic mass is 16.6. The zero-order valence-electron chi connectivity index (χ0n) is 7.94. The van der Waals surface area contributed by atoms with Crippen LogP contribution in [0.4, 0.5) is 4.79 Å². The van der Waals surface area contributed by atoms with E-state index in [1.165, 1.54) is 0 Å². The fraction of sp³-hybridized carbons (Fsp3) is 0. The molecule has 1 amide bonds. The van der Waals surface area contributed by atoms with E-state index in [0.717, 1.165) is 10.8 Å². The van der Waals surface area contributed by atoms with Gasteiger partial charge in [-0.3, -0.25) is 5.43 Å². The maximum Gasteiger partial charge on any atom is 0.426 e. The fourth-order valence-corrected chi connectivity index (χ4v) is 1.41. The first-order valence-electron chi connectivity index (χ1n) is 4.47. The highest BCUT2D eigenvalue weighted by Crippen LogP contribution is 2.24. The summed E-state index contributed by atoms with van der Waals surface area (Å²) in [5.74, 6) is 5.44. The van der Waals surface area contributed by atoms with E-state index in [2.05, 4.69) is 0 Å². The summed E-state index contributed by atoms with van der Waals surface area (Å²) in [6.45, 7) is 0. The predicted molar refractivity (Wildman–Crippen MR) is 57.3 cm³/mol. The average molecular weight is 202 g/mol. The molecule has 0 aliphatic rings. The van der Waals surface area contributed by atoms with E-state index in [1.807, 2.05) is 41.8 Å². The second-order valence-corrected chi connectivity index (χ2v) is 3.01. The zero-order chi connectivity index (χ0) is 10.7. The molecule has 2 aromatic rings. The zero-order valence-corrected chi connectivity index (χ0v) is 7.94. The topological polar surface area (TPSA) is 64.3 Å². The summed E-state index contributed by atoms with van der Waals surface area (Å²) < 4.78 is 5.00. The van der Waals surface area contributed by atoms with Gasteiger partial charge in [-0.2, -0.15) is 0 Å². The Balaban J connectivity index is 2.46. The second-order valence-electron chi connectivity index (χ2n) is 3.01. The summed E-state index contributed by atoms with van der Waals surface area (Å²) >= 11 is 0. The van der Waals surface area contributed by atoms with Gasteiger partial charge in [0.1, 0.15) is 5.75 Å². The molecular weight excluding hydrogens is 192 g/mol. The largest absolute Gasteiger partial charge is 0.426 e. The molecule has 4 heteroatoms. The minimum Gasteiger partial charge on any atom is -0.409 e. The van der Waals surface area contributed by atoms with Crippen LogP contribution in [0.15, 0.2) is 42.5 Å². The number of fused-ring (bicyclic) bond motifs is 1. The normalized spacial score (nSPS) is 9.93. The van der Waals surface area contributed by atoms with Crippen molar-refractivity contribution >= 4 is 16.9 Å².